The Kier molecular flexibility index (Phi) is 6.06. The molecule has 0 aromatic heterocycles. The zero-order valence-electron chi connectivity index (χ0n) is 11.6. The van der Waals surface area contributed by atoms with Crippen molar-refractivity contribution in [1.82, 2.24) is 5.32 Å². The number of amides is 2. The second-order valence-electron chi connectivity index (χ2n) is 5.11. The maximum atomic E-state index is 12.1. The molecule has 0 aliphatic carbocycles. The van der Waals surface area contributed by atoms with E-state index in [9.17, 15) is 9.59 Å². The van der Waals surface area contributed by atoms with Gasteiger partial charge in [0, 0.05) is 13.0 Å². The number of primary amides is 1. The number of rotatable bonds is 7. The Balaban J connectivity index is 2.69. The van der Waals surface area contributed by atoms with E-state index in [4.69, 9.17) is 5.73 Å². The first-order valence-corrected chi connectivity index (χ1v) is 6.61. The molecule has 0 aliphatic rings. The van der Waals surface area contributed by atoms with Crippen molar-refractivity contribution in [2.75, 3.05) is 6.54 Å². The first-order chi connectivity index (χ1) is 9.00. The maximum absolute atomic E-state index is 12.1. The minimum atomic E-state index is -0.495. The van der Waals surface area contributed by atoms with Gasteiger partial charge in [-0.15, -0.1) is 0 Å². The van der Waals surface area contributed by atoms with Gasteiger partial charge in [-0.1, -0.05) is 44.2 Å². The summed E-state index contributed by atoms with van der Waals surface area (Å²) in [5, 5.41) is 2.87. The van der Waals surface area contributed by atoms with E-state index in [1.54, 1.807) is 0 Å². The summed E-state index contributed by atoms with van der Waals surface area (Å²) in [6, 6.07) is 9.27. The standard InChI is InChI=1S/C15H22N2O2/c1-11(2)8-9-17-15(19)13(10-14(16)18)12-6-4-3-5-7-12/h3-7,11,13H,8-10H2,1-2H3,(H2,16,18)(H,17,19)/t13-/m1/s1. The molecule has 0 fully saturated rings. The molecule has 0 unspecified atom stereocenters. The lowest BCUT2D eigenvalue weighted by Crippen LogP contribution is -2.33. The second-order valence-corrected chi connectivity index (χ2v) is 5.11. The highest BCUT2D eigenvalue weighted by Crippen LogP contribution is 2.19. The molecule has 0 heterocycles. The van der Waals surface area contributed by atoms with Crippen molar-refractivity contribution in [3.8, 4) is 0 Å². The third-order valence-corrected chi connectivity index (χ3v) is 2.94. The van der Waals surface area contributed by atoms with Crippen LogP contribution in [-0.2, 0) is 9.59 Å². The molecule has 0 saturated heterocycles. The Morgan fingerprint density at radius 1 is 1.21 bits per heavy atom. The van der Waals surface area contributed by atoms with Gasteiger partial charge in [0.1, 0.15) is 0 Å². The summed E-state index contributed by atoms with van der Waals surface area (Å²) in [6.07, 6.45) is 0.960. The van der Waals surface area contributed by atoms with Crippen LogP contribution in [0, 0.1) is 5.92 Å². The minimum absolute atomic E-state index is 0.0392. The molecular formula is C15H22N2O2. The van der Waals surface area contributed by atoms with Crippen LogP contribution in [0.25, 0.3) is 0 Å². The summed E-state index contributed by atoms with van der Waals surface area (Å²) < 4.78 is 0. The van der Waals surface area contributed by atoms with E-state index < -0.39 is 11.8 Å². The number of benzene rings is 1. The topological polar surface area (TPSA) is 72.2 Å². The highest BCUT2D eigenvalue weighted by atomic mass is 16.2. The predicted octanol–water partition coefficient (Wildman–Crippen LogP) is 1.81. The molecule has 0 saturated carbocycles. The Hall–Kier alpha value is -1.84. The summed E-state index contributed by atoms with van der Waals surface area (Å²) >= 11 is 0. The van der Waals surface area contributed by atoms with Crippen molar-refractivity contribution in [3.05, 3.63) is 35.9 Å². The van der Waals surface area contributed by atoms with Crippen molar-refractivity contribution in [1.29, 1.82) is 0 Å². The predicted molar refractivity (Wildman–Crippen MR) is 75.5 cm³/mol. The van der Waals surface area contributed by atoms with E-state index in [0.717, 1.165) is 12.0 Å². The highest BCUT2D eigenvalue weighted by molar-refractivity contribution is 5.89. The minimum Gasteiger partial charge on any atom is -0.370 e. The summed E-state index contributed by atoms with van der Waals surface area (Å²) in [5.74, 6) is -0.559. The Labute approximate surface area is 114 Å². The largest absolute Gasteiger partial charge is 0.370 e. The van der Waals surface area contributed by atoms with Crippen molar-refractivity contribution in [2.45, 2.75) is 32.6 Å². The van der Waals surface area contributed by atoms with E-state index >= 15 is 0 Å². The summed E-state index contributed by atoms with van der Waals surface area (Å²) in [5.41, 5.74) is 6.05. The number of nitrogens with two attached hydrogens (primary N) is 1. The smallest absolute Gasteiger partial charge is 0.228 e. The van der Waals surface area contributed by atoms with Gasteiger partial charge < -0.3 is 11.1 Å². The Morgan fingerprint density at radius 3 is 2.37 bits per heavy atom. The fraction of sp³-hybridized carbons (Fsp3) is 0.467. The number of hydrogen-bond acceptors (Lipinski definition) is 2. The summed E-state index contributed by atoms with van der Waals surface area (Å²) in [4.78, 5) is 23.3. The molecule has 4 heteroatoms. The van der Waals surface area contributed by atoms with Crippen LogP contribution in [-0.4, -0.2) is 18.4 Å². The molecule has 1 rings (SSSR count). The third-order valence-electron chi connectivity index (χ3n) is 2.94. The van der Waals surface area contributed by atoms with Gasteiger partial charge in [0.15, 0.2) is 0 Å². The number of nitrogens with one attached hydrogen (secondary N) is 1. The van der Waals surface area contributed by atoms with Gasteiger partial charge in [-0.2, -0.15) is 0 Å². The van der Waals surface area contributed by atoms with Crippen molar-refractivity contribution >= 4 is 11.8 Å². The molecule has 0 radical (unpaired) electrons. The Morgan fingerprint density at radius 2 is 1.84 bits per heavy atom. The summed E-state index contributed by atoms with van der Waals surface area (Å²) in [7, 11) is 0. The van der Waals surface area contributed by atoms with Crippen molar-refractivity contribution < 1.29 is 9.59 Å². The molecule has 104 valence electrons. The zero-order valence-corrected chi connectivity index (χ0v) is 11.6. The van der Waals surface area contributed by atoms with Gasteiger partial charge in [-0.25, -0.2) is 0 Å². The van der Waals surface area contributed by atoms with Crippen molar-refractivity contribution in [2.24, 2.45) is 11.7 Å². The quantitative estimate of drug-likeness (QED) is 0.786. The lowest BCUT2D eigenvalue weighted by Gasteiger charge is -2.16. The molecule has 4 nitrogen and oxygen atoms in total. The number of carbonyl (C=O) groups excluding carboxylic acids is 2. The van der Waals surface area contributed by atoms with E-state index in [1.807, 2.05) is 30.3 Å². The van der Waals surface area contributed by atoms with E-state index in [-0.39, 0.29) is 12.3 Å². The van der Waals surface area contributed by atoms with E-state index in [2.05, 4.69) is 19.2 Å². The number of carbonyl (C=O) groups is 2. The Bertz CT molecular complexity index is 415. The van der Waals surface area contributed by atoms with Crippen LogP contribution in [0.1, 0.15) is 38.2 Å². The fourth-order valence-electron chi connectivity index (χ4n) is 1.86. The lowest BCUT2D eigenvalue weighted by molar-refractivity contribution is -0.126. The zero-order chi connectivity index (χ0) is 14.3. The van der Waals surface area contributed by atoms with Crippen molar-refractivity contribution in [3.63, 3.8) is 0 Å². The molecule has 19 heavy (non-hydrogen) atoms. The van der Waals surface area contributed by atoms with Crippen LogP contribution >= 0.6 is 0 Å². The molecule has 2 amide bonds. The van der Waals surface area contributed by atoms with Gasteiger partial charge in [0.05, 0.1) is 5.92 Å². The van der Waals surface area contributed by atoms with Gasteiger partial charge >= 0.3 is 0 Å². The number of hydrogen-bond donors (Lipinski definition) is 2. The average Bonchev–Trinajstić information content (AvgIpc) is 2.36. The molecule has 0 aliphatic heterocycles. The SMILES string of the molecule is CC(C)CCNC(=O)[C@H](CC(N)=O)c1ccccc1. The molecular weight excluding hydrogens is 240 g/mol. The van der Waals surface area contributed by atoms with E-state index in [0.29, 0.717) is 12.5 Å². The average molecular weight is 262 g/mol. The van der Waals surface area contributed by atoms with Gasteiger partial charge in [0.2, 0.25) is 11.8 Å². The van der Waals surface area contributed by atoms with Crippen LogP contribution in [0.5, 0.6) is 0 Å². The van der Waals surface area contributed by atoms with Gasteiger partial charge in [-0.3, -0.25) is 9.59 Å². The van der Waals surface area contributed by atoms with Gasteiger partial charge in [0.25, 0.3) is 0 Å². The summed E-state index contributed by atoms with van der Waals surface area (Å²) in [6.45, 7) is 4.83. The first kappa shape index (κ1) is 15.2. The molecule has 1 aromatic rings. The van der Waals surface area contributed by atoms with E-state index in [1.165, 1.54) is 0 Å². The monoisotopic (exact) mass is 262 g/mol. The molecule has 0 spiro atoms. The fourth-order valence-corrected chi connectivity index (χ4v) is 1.86. The van der Waals surface area contributed by atoms with Crippen LogP contribution in [0.2, 0.25) is 0 Å². The molecule has 0 bridgehead atoms. The highest BCUT2D eigenvalue weighted by Gasteiger charge is 2.22. The van der Waals surface area contributed by atoms with Crippen LogP contribution in [0.4, 0.5) is 0 Å². The van der Waals surface area contributed by atoms with Crippen LogP contribution in [0.3, 0.4) is 0 Å². The van der Waals surface area contributed by atoms with Crippen LogP contribution < -0.4 is 11.1 Å². The second kappa shape index (κ2) is 7.56. The lowest BCUT2D eigenvalue weighted by atomic mass is 9.94. The molecule has 3 N–H and O–H groups in total. The maximum Gasteiger partial charge on any atom is 0.228 e. The third kappa shape index (κ3) is 5.55. The normalized spacial score (nSPS) is 12.2. The first-order valence-electron chi connectivity index (χ1n) is 6.61. The van der Waals surface area contributed by atoms with Gasteiger partial charge in [-0.05, 0) is 17.9 Å². The van der Waals surface area contributed by atoms with Crippen LogP contribution in [0.15, 0.2) is 30.3 Å². The molecule has 1 aromatic carbocycles. The molecule has 1 atom stereocenters.